The second kappa shape index (κ2) is 6.05. The van der Waals surface area contributed by atoms with Crippen LogP contribution in [0.3, 0.4) is 0 Å². The van der Waals surface area contributed by atoms with Gasteiger partial charge in [0.05, 0.1) is 12.1 Å². The van der Waals surface area contributed by atoms with Crippen molar-refractivity contribution >= 4 is 17.3 Å². The Kier molecular flexibility index (Phi) is 4.32. The third-order valence-electron chi connectivity index (χ3n) is 4.81. The van der Waals surface area contributed by atoms with Crippen molar-refractivity contribution in [2.75, 3.05) is 25.1 Å². The highest BCUT2D eigenvalue weighted by Crippen LogP contribution is 2.37. The van der Waals surface area contributed by atoms with Crippen LogP contribution in [0.2, 0.25) is 5.02 Å². The number of nitrogens with zero attached hydrogens (tertiary/aromatic N) is 1. The van der Waals surface area contributed by atoms with E-state index >= 15 is 0 Å². The van der Waals surface area contributed by atoms with Gasteiger partial charge in [-0.25, -0.2) is 0 Å². The lowest BCUT2D eigenvalue weighted by Crippen LogP contribution is -2.59. The predicted octanol–water partition coefficient (Wildman–Crippen LogP) is 3.56. The summed E-state index contributed by atoms with van der Waals surface area (Å²) in [6, 6.07) is 7.29. The van der Waals surface area contributed by atoms with E-state index in [0.717, 1.165) is 24.8 Å². The van der Waals surface area contributed by atoms with E-state index in [-0.39, 0.29) is 0 Å². The van der Waals surface area contributed by atoms with Crippen molar-refractivity contribution in [1.29, 1.82) is 0 Å². The molecule has 3 nitrogen and oxygen atoms in total. The van der Waals surface area contributed by atoms with Crippen molar-refractivity contribution in [1.82, 2.24) is 5.32 Å². The third-order valence-corrected chi connectivity index (χ3v) is 5.12. The van der Waals surface area contributed by atoms with E-state index in [0.29, 0.717) is 23.0 Å². The van der Waals surface area contributed by atoms with Crippen LogP contribution in [0.25, 0.3) is 0 Å². The predicted molar refractivity (Wildman–Crippen MR) is 88.5 cm³/mol. The summed E-state index contributed by atoms with van der Waals surface area (Å²) in [5.41, 5.74) is 1.22. The van der Waals surface area contributed by atoms with Crippen LogP contribution in [0.4, 0.5) is 5.69 Å². The highest BCUT2D eigenvalue weighted by Gasteiger charge is 2.38. The van der Waals surface area contributed by atoms with Crippen LogP contribution in [-0.2, 0) is 0 Å². The van der Waals surface area contributed by atoms with E-state index < -0.39 is 0 Å². The number of hydrogen-bond donors (Lipinski definition) is 1. The van der Waals surface area contributed by atoms with Crippen LogP contribution in [0.1, 0.15) is 26.7 Å². The second-order valence-corrected chi connectivity index (χ2v) is 7.04. The summed E-state index contributed by atoms with van der Waals surface area (Å²) >= 11 is 6.17. The van der Waals surface area contributed by atoms with Crippen molar-refractivity contribution in [2.45, 2.75) is 38.8 Å². The number of rotatable bonds is 4. The zero-order valence-corrected chi connectivity index (χ0v) is 13.9. The first-order chi connectivity index (χ1) is 10.1. The number of nitrogens with one attached hydrogen (secondary N) is 1. The molecule has 1 aliphatic carbocycles. The van der Waals surface area contributed by atoms with Gasteiger partial charge >= 0.3 is 0 Å². The van der Waals surface area contributed by atoms with E-state index in [4.69, 9.17) is 16.3 Å². The Hall–Kier alpha value is -0.930. The molecule has 0 amide bonds. The van der Waals surface area contributed by atoms with Gasteiger partial charge in [-0.05, 0) is 36.8 Å². The maximum absolute atomic E-state index is 6.17. The Labute approximate surface area is 132 Å². The van der Waals surface area contributed by atoms with Crippen molar-refractivity contribution in [3.8, 4) is 5.75 Å². The molecule has 1 saturated heterocycles. The maximum Gasteiger partial charge on any atom is 0.139 e. The minimum Gasteiger partial charge on any atom is -0.495 e. The molecule has 3 rings (SSSR count). The van der Waals surface area contributed by atoms with Crippen molar-refractivity contribution in [3.63, 3.8) is 0 Å². The van der Waals surface area contributed by atoms with Crippen LogP contribution in [0.15, 0.2) is 18.2 Å². The highest BCUT2D eigenvalue weighted by molar-refractivity contribution is 6.32. The summed E-state index contributed by atoms with van der Waals surface area (Å²) in [4.78, 5) is 2.54. The molecule has 21 heavy (non-hydrogen) atoms. The van der Waals surface area contributed by atoms with Gasteiger partial charge < -0.3 is 15.0 Å². The number of ether oxygens (including phenoxy) is 1. The third kappa shape index (κ3) is 3.14. The van der Waals surface area contributed by atoms with E-state index in [1.54, 1.807) is 7.11 Å². The lowest BCUT2D eigenvalue weighted by molar-refractivity contribution is 0.320. The number of hydrogen-bond acceptors (Lipinski definition) is 3. The summed E-state index contributed by atoms with van der Waals surface area (Å²) in [6.45, 7) is 6.73. The molecule has 0 radical (unpaired) electrons. The van der Waals surface area contributed by atoms with Gasteiger partial charge in [0, 0.05) is 36.9 Å². The average Bonchev–Trinajstić information content (AvgIpc) is 3.31. The Morgan fingerprint density at radius 1 is 1.33 bits per heavy atom. The summed E-state index contributed by atoms with van der Waals surface area (Å²) in [6.07, 6.45) is 2.75. The lowest BCUT2D eigenvalue weighted by atomic mass is 9.96. The fourth-order valence-electron chi connectivity index (χ4n) is 3.33. The fourth-order valence-corrected chi connectivity index (χ4v) is 3.52. The van der Waals surface area contributed by atoms with Gasteiger partial charge in [-0.2, -0.15) is 0 Å². The largest absolute Gasteiger partial charge is 0.495 e. The first-order valence-corrected chi connectivity index (χ1v) is 8.31. The molecule has 1 N–H and O–H groups in total. The summed E-state index contributed by atoms with van der Waals surface area (Å²) in [5.74, 6) is 2.24. The quantitative estimate of drug-likeness (QED) is 0.920. The van der Waals surface area contributed by atoms with Gasteiger partial charge in [-0.3, -0.25) is 0 Å². The standard InChI is InChI=1S/C17H25ClN2O/c1-11(2)16-9-19-15(12-4-5-12)10-20(16)13-6-7-14(18)17(8-13)21-3/h6-8,11-12,15-16,19H,4-5,9-10H2,1-3H3. The fraction of sp³-hybridized carbons (Fsp3) is 0.647. The van der Waals surface area contributed by atoms with Gasteiger partial charge in [0.2, 0.25) is 0 Å². The number of piperazine rings is 1. The van der Waals surface area contributed by atoms with Crippen molar-refractivity contribution < 1.29 is 4.74 Å². The summed E-state index contributed by atoms with van der Waals surface area (Å²) in [7, 11) is 1.68. The van der Waals surface area contributed by atoms with E-state index in [1.807, 2.05) is 6.07 Å². The second-order valence-electron chi connectivity index (χ2n) is 6.63. The molecule has 2 atom stereocenters. The van der Waals surface area contributed by atoms with Gasteiger partial charge in [0.25, 0.3) is 0 Å². The molecule has 1 saturated carbocycles. The van der Waals surface area contributed by atoms with E-state index in [1.165, 1.54) is 18.5 Å². The molecule has 4 heteroatoms. The van der Waals surface area contributed by atoms with Gasteiger partial charge in [0.15, 0.2) is 0 Å². The van der Waals surface area contributed by atoms with Crippen LogP contribution < -0.4 is 15.0 Å². The smallest absolute Gasteiger partial charge is 0.139 e. The molecule has 2 fully saturated rings. The zero-order chi connectivity index (χ0) is 15.0. The topological polar surface area (TPSA) is 24.5 Å². The van der Waals surface area contributed by atoms with Crippen LogP contribution in [-0.4, -0.2) is 32.3 Å². The maximum atomic E-state index is 6.17. The number of halogens is 1. The van der Waals surface area contributed by atoms with Gasteiger partial charge in [0.1, 0.15) is 5.75 Å². The van der Waals surface area contributed by atoms with Crippen molar-refractivity contribution in [2.24, 2.45) is 11.8 Å². The molecule has 1 aliphatic heterocycles. The molecule has 2 aliphatic rings. The number of anilines is 1. The number of methoxy groups -OCH3 is 1. The minimum atomic E-state index is 0.519. The summed E-state index contributed by atoms with van der Waals surface area (Å²) in [5, 5.41) is 4.43. The molecule has 116 valence electrons. The Morgan fingerprint density at radius 2 is 2.10 bits per heavy atom. The van der Waals surface area contributed by atoms with Crippen LogP contribution in [0.5, 0.6) is 5.75 Å². The molecule has 2 unspecified atom stereocenters. The van der Waals surface area contributed by atoms with E-state index in [2.05, 4.69) is 36.2 Å². The molecule has 0 bridgehead atoms. The molecular weight excluding hydrogens is 284 g/mol. The zero-order valence-electron chi connectivity index (χ0n) is 13.1. The minimum absolute atomic E-state index is 0.519. The monoisotopic (exact) mass is 308 g/mol. The molecule has 0 spiro atoms. The number of benzene rings is 1. The van der Waals surface area contributed by atoms with Gasteiger partial charge in [-0.15, -0.1) is 0 Å². The normalized spacial score (nSPS) is 26.2. The van der Waals surface area contributed by atoms with Crippen LogP contribution in [0, 0.1) is 11.8 Å². The molecule has 1 heterocycles. The first kappa shape index (κ1) is 15.0. The highest BCUT2D eigenvalue weighted by atomic mass is 35.5. The van der Waals surface area contributed by atoms with Crippen molar-refractivity contribution in [3.05, 3.63) is 23.2 Å². The Bertz CT molecular complexity index is 502. The van der Waals surface area contributed by atoms with E-state index in [9.17, 15) is 0 Å². The SMILES string of the molecule is COc1cc(N2CC(C3CC3)NCC2C(C)C)ccc1Cl. The molecule has 0 aromatic heterocycles. The first-order valence-electron chi connectivity index (χ1n) is 7.93. The summed E-state index contributed by atoms with van der Waals surface area (Å²) < 4.78 is 5.38. The Balaban J connectivity index is 1.86. The molecule has 1 aromatic rings. The molecule has 1 aromatic carbocycles. The van der Waals surface area contributed by atoms with Gasteiger partial charge in [-0.1, -0.05) is 25.4 Å². The Morgan fingerprint density at radius 3 is 2.71 bits per heavy atom. The van der Waals surface area contributed by atoms with Crippen LogP contribution >= 0.6 is 11.6 Å². The molecular formula is C17H25ClN2O. The lowest BCUT2D eigenvalue weighted by Gasteiger charge is -2.44. The average molecular weight is 309 g/mol.